The van der Waals surface area contributed by atoms with Crippen molar-refractivity contribution in [3.05, 3.63) is 0 Å². The van der Waals surface area contributed by atoms with E-state index in [1.807, 2.05) is 27.7 Å². The molecule has 0 aromatic heterocycles. The van der Waals surface area contributed by atoms with Gasteiger partial charge in [0.05, 0.1) is 6.54 Å². The van der Waals surface area contributed by atoms with Crippen LogP contribution in [0.4, 0.5) is 4.79 Å². The Labute approximate surface area is 145 Å². The second-order valence-electron chi connectivity index (χ2n) is 6.08. The molecule has 21 heavy (non-hydrogen) atoms. The summed E-state index contributed by atoms with van der Waals surface area (Å²) in [4.78, 5) is 17.8. The monoisotopic (exact) mass is 412 g/mol. The Bertz CT molecular complexity index is 351. The van der Waals surface area contributed by atoms with Gasteiger partial charge in [-0.05, 0) is 40.5 Å². The van der Waals surface area contributed by atoms with Crippen molar-refractivity contribution < 1.29 is 9.53 Å². The van der Waals surface area contributed by atoms with Crippen molar-refractivity contribution in [3.63, 3.8) is 0 Å². The van der Waals surface area contributed by atoms with Gasteiger partial charge >= 0.3 is 6.09 Å². The van der Waals surface area contributed by atoms with E-state index in [-0.39, 0.29) is 30.1 Å². The summed E-state index contributed by atoms with van der Waals surface area (Å²) in [5.41, 5.74) is -0.461. The Balaban J connectivity index is 0.00000400. The molecule has 1 amide bonds. The first-order valence-corrected chi connectivity index (χ1v) is 7.31. The molecule has 0 atom stereocenters. The highest BCUT2D eigenvalue weighted by molar-refractivity contribution is 14.0. The molecule has 0 unspecified atom stereocenters. The average Bonchev–Trinajstić information content (AvgIpc) is 3.10. The van der Waals surface area contributed by atoms with E-state index in [1.165, 1.54) is 12.8 Å². The molecule has 1 fully saturated rings. The normalized spacial score (nSPS) is 15.0. The average molecular weight is 412 g/mol. The highest BCUT2D eigenvalue weighted by atomic mass is 127. The van der Waals surface area contributed by atoms with Gasteiger partial charge < -0.3 is 20.3 Å². The third kappa shape index (κ3) is 9.76. The topological polar surface area (TPSA) is 66.0 Å². The number of ether oxygens (including phenoxy) is 1. The zero-order valence-corrected chi connectivity index (χ0v) is 16.1. The van der Waals surface area contributed by atoms with Crippen molar-refractivity contribution in [3.8, 4) is 0 Å². The molecule has 2 N–H and O–H groups in total. The van der Waals surface area contributed by atoms with Crippen molar-refractivity contribution in [2.24, 2.45) is 4.99 Å². The number of guanidine groups is 1. The predicted octanol–water partition coefficient (Wildman–Crippen LogP) is 2.19. The number of hydrogen-bond donors (Lipinski definition) is 2. The van der Waals surface area contributed by atoms with Crippen LogP contribution in [0.3, 0.4) is 0 Å². The van der Waals surface area contributed by atoms with Gasteiger partial charge in [0.1, 0.15) is 5.60 Å². The van der Waals surface area contributed by atoms with Crippen LogP contribution in [0.5, 0.6) is 0 Å². The van der Waals surface area contributed by atoms with Crippen molar-refractivity contribution >= 4 is 36.0 Å². The van der Waals surface area contributed by atoms with Gasteiger partial charge in [-0.1, -0.05) is 0 Å². The van der Waals surface area contributed by atoms with E-state index in [0.29, 0.717) is 19.1 Å². The van der Waals surface area contributed by atoms with Gasteiger partial charge in [0.2, 0.25) is 0 Å². The minimum Gasteiger partial charge on any atom is -0.444 e. The lowest BCUT2D eigenvalue weighted by Gasteiger charge is -2.24. The van der Waals surface area contributed by atoms with E-state index in [4.69, 9.17) is 4.74 Å². The van der Waals surface area contributed by atoms with Crippen LogP contribution in [-0.2, 0) is 4.74 Å². The van der Waals surface area contributed by atoms with Crippen LogP contribution < -0.4 is 10.6 Å². The van der Waals surface area contributed by atoms with Crippen molar-refractivity contribution in [2.45, 2.75) is 52.2 Å². The predicted molar refractivity (Wildman–Crippen MR) is 96.4 cm³/mol. The molecular formula is C14H29IN4O2. The van der Waals surface area contributed by atoms with Gasteiger partial charge in [0, 0.05) is 26.2 Å². The fourth-order valence-corrected chi connectivity index (χ4v) is 1.48. The van der Waals surface area contributed by atoms with Crippen molar-refractivity contribution in [1.82, 2.24) is 15.5 Å². The molecule has 0 radical (unpaired) electrons. The molecule has 1 aliphatic carbocycles. The zero-order valence-electron chi connectivity index (χ0n) is 13.7. The van der Waals surface area contributed by atoms with Gasteiger partial charge in [0.25, 0.3) is 0 Å². The smallest absolute Gasteiger partial charge is 0.410 e. The fourth-order valence-electron chi connectivity index (χ4n) is 1.48. The molecule has 1 saturated carbocycles. The third-order valence-electron chi connectivity index (χ3n) is 2.67. The van der Waals surface area contributed by atoms with E-state index >= 15 is 0 Å². The largest absolute Gasteiger partial charge is 0.444 e. The van der Waals surface area contributed by atoms with Gasteiger partial charge in [0.15, 0.2) is 5.96 Å². The molecule has 0 aliphatic heterocycles. The second-order valence-corrected chi connectivity index (χ2v) is 6.08. The van der Waals surface area contributed by atoms with E-state index < -0.39 is 5.60 Å². The van der Waals surface area contributed by atoms with Gasteiger partial charge in [-0.3, -0.25) is 4.99 Å². The fraction of sp³-hybridized carbons (Fsp3) is 0.857. The van der Waals surface area contributed by atoms with Gasteiger partial charge in [-0.25, -0.2) is 4.79 Å². The zero-order chi connectivity index (χ0) is 15.2. The molecule has 124 valence electrons. The minimum absolute atomic E-state index is 0. The quantitative estimate of drug-likeness (QED) is 0.413. The van der Waals surface area contributed by atoms with E-state index in [1.54, 1.807) is 11.9 Å². The number of nitrogens with zero attached hydrogens (tertiary/aromatic N) is 2. The lowest BCUT2D eigenvalue weighted by Crippen LogP contribution is -2.39. The van der Waals surface area contributed by atoms with E-state index in [9.17, 15) is 4.79 Å². The van der Waals surface area contributed by atoms with Crippen molar-refractivity contribution in [1.29, 1.82) is 0 Å². The molecule has 0 bridgehead atoms. The number of likely N-dealkylation sites (N-methyl/N-ethyl adjacent to an activating group) is 1. The molecule has 0 aromatic rings. The van der Waals surface area contributed by atoms with Gasteiger partial charge in [-0.15, -0.1) is 24.0 Å². The first-order chi connectivity index (χ1) is 9.31. The van der Waals surface area contributed by atoms with Crippen LogP contribution in [0.25, 0.3) is 0 Å². The Morgan fingerprint density at radius 1 is 1.38 bits per heavy atom. The van der Waals surface area contributed by atoms with Crippen LogP contribution in [0.15, 0.2) is 4.99 Å². The summed E-state index contributed by atoms with van der Waals surface area (Å²) >= 11 is 0. The number of aliphatic imine (C=N–C) groups is 1. The lowest BCUT2D eigenvalue weighted by molar-refractivity contribution is 0.0304. The SMILES string of the molecule is CCNC(=NCCN(C)C(=O)OC(C)(C)C)NC1CC1.I. The van der Waals surface area contributed by atoms with E-state index in [2.05, 4.69) is 15.6 Å². The number of carbonyl (C=O) groups excluding carboxylic acids is 1. The molecule has 0 saturated heterocycles. The molecule has 1 rings (SSSR count). The maximum absolute atomic E-state index is 11.8. The summed E-state index contributed by atoms with van der Waals surface area (Å²) < 4.78 is 5.29. The summed E-state index contributed by atoms with van der Waals surface area (Å²) in [7, 11) is 1.73. The molecule has 1 aliphatic rings. The number of amides is 1. The summed E-state index contributed by atoms with van der Waals surface area (Å²) in [5.74, 6) is 0.826. The van der Waals surface area contributed by atoms with Crippen LogP contribution in [0.1, 0.15) is 40.5 Å². The highest BCUT2D eigenvalue weighted by Crippen LogP contribution is 2.18. The second kappa shape index (κ2) is 9.32. The Kier molecular flexibility index (Phi) is 9.00. The van der Waals surface area contributed by atoms with Crippen molar-refractivity contribution in [2.75, 3.05) is 26.7 Å². The summed E-state index contributed by atoms with van der Waals surface area (Å²) in [6.07, 6.45) is 2.11. The van der Waals surface area contributed by atoms with Crippen LogP contribution in [0, 0.1) is 0 Å². The van der Waals surface area contributed by atoms with Crippen LogP contribution in [-0.4, -0.2) is 55.3 Å². The number of rotatable bonds is 5. The molecule has 6 nitrogen and oxygen atoms in total. The number of carbonyl (C=O) groups is 1. The minimum atomic E-state index is -0.461. The Morgan fingerprint density at radius 2 is 2.00 bits per heavy atom. The highest BCUT2D eigenvalue weighted by Gasteiger charge is 2.22. The molecule has 0 spiro atoms. The number of halogens is 1. The Hall–Kier alpha value is -0.730. The summed E-state index contributed by atoms with van der Waals surface area (Å²) in [6, 6.07) is 0.566. The molecule has 7 heteroatoms. The first kappa shape index (κ1) is 20.3. The molecule has 0 heterocycles. The first-order valence-electron chi connectivity index (χ1n) is 7.31. The van der Waals surface area contributed by atoms with Crippen LogP contribution >= 0.6 is 24.0 Å². The number of nitrogens with one attached hydrogen (secondary N) is 2. The molecular weight excluding hydrogens is 383 g/mol. The number of hydrogen-bond acceptors (Lipinski definition) is 3. The standard InChI is InChI=1S/C14H28N4O2.HI/c1-6-15-12(17-11-7-8-11)16-9-10-18(5)13(19)20-14(2,3)4;/h11H,6-10H2,1-5H3,(H2,15,16,17);1H. The van der Waals surface area contributed by atoms with Gasteiger partial charge in [-0.2, -0.15) is 0 Å². The Morgan fingerprint density at radius 3 is 2.48 bits per heavy atom. The lowest BCUT2D eigenvalue weighted by atomic mass is 10.2. The third-order valence-corrected chi connectivity index (χ3v) is 2.67. The molecule has 0 aromatic carbocycles. The van der Waals surface area contributed by atoms with E-state index in [0.717, 1.165) is 12.5 Å². The maximum Gasteiger partial charge on any atom is 0.410 e. The maximum atomic E-state index is 11.8. The summed E-state index contributed by atoms with van der Waals surface area (Å²) in [6.45, 7) is 9.55. The summed E-state index contributed by atoms with van der Waals surface area (Å²) in [5, 5.41) is 6.54. The van der Waals surface area contributed by atoms with Crippen LogP contribution in [0.2, 0.25) is 0 Å².